The van der Waals surface area contributed by atoms with E-state index in [0.717, 1.165) is 34.5 Å². The molecule has 108 valence electrons. The van der Waals surface area contributed by atoms with Crippen LogP contribution >= 0.6 is 15.9 Å². The summed E-state index contributed by atoms with van der Waals surface area (Å²) >= 11 is 3.60. The monoisotopic (exact) mass is 337 g/mol. The van der Waals surface area contributed by atoms with Crippen LogP contribution in [0.5, 0.6) is 5.75 Å². The van der Waals surface area contributed by atoms with Gasteiger partial charge in [-0.15, -0.1) is 0 Å². The Bertz CT molecular complexity index is 580. The second-order valence-electron chi connectivity index (χ2n) is 4.66. The number of aromatic nitrogens is 2. The number of hydrogen-bond donors (Lipinski definition) is 1. The zero-order valence-corrected chi connectivity index (χ0v) is 13.5. The van der Waals surface area contributed by atoms with E-state index < -0.39 is 0 Å². The molecule has 0 aliphatic heterocycles. The fraction of sp³-hybridized carbons (Fsp3) is 0.400. The molecule has 0 saturated carbocycles. The summed E-state index contributed by atoms with van der Waals surface area (Å²) in [4.78, 5) is 0. The van der Waals surface area contributed by atoms with E-state index >= 15 is 0 Å². The molecule has 2 N–H and O–H groups in total. The zero-order chi connectivity index (χ0) is 14.5. The van der Waals surface area contributed by atoms with Crippen LogP contribution in [0.3, 0.4) is 0 Å². The summed E-state index contributed by atoms with van der Waals surface area (Å²) in [7, 11) is 1.94. The van der Waals surface area contributed by atoms with E-state index in [0.29, 0.717) is 13.2 Å². The van der Waals surface area contributed by atoms with Crippen molar-refractivity contribution in [3.05, 3.63) is 45.7 Å². The average Bonchev–Trinajstić information content (AvgIpc) is 2.72. The highest BCUT2D eigenvalue weighted by molar-refractivity contribution is 9.10. The van der Waals surface area contributed by atoms with Gasteiger partial charge in [0.15, 0.2) is 0 Å². The molecule has 0 bridgehead atoms. The van der Waals surface area contributed by atoms with Crippen LogP contribution in [0.2, 0.25) is 0 Å². The number of halogens is 1. The van der Waals surface area contributed by atoms with Gasteiger partial charge >= 0.3 is 0 Å². The van der Waals surface area contributed by atoms with E-state index in [1.54, 1.807) is 0 Å². The number of nitrogens with two attached hydrogens (primary N) is 1. The Balaban J connectivity index is 2.09. The highest BCUT2D eigenvalue weighted by Gasteiger charge is 2.12. The van der Waals surface area contributed by atoms with Gasteiger partial charge in [0.2, 0.25) is 0 Å². The second kappa shape index (κ2) is 6.90. The van der Waals surface area contributed by atoms with Crippen molar-refractivity contribution in [2.75, 3.05) is 6.54 Å². The summed E-state index contributed by atoms with van der Waals surface area (Å²) in [6, 6.07) is 8.06. The van der Waals surface area contributed by atoms with Crippen molar-refractivity contribution >= 4 is 15.9 Å². The van der Waals surface area contributed by atoms with E-state index in [4.69, 9.17) is 10.5 Å². The topological polar surface area (TPSA) is 53.1 Å². The number of rotatable bonds is 6. The SMILES string of the molecule is CCc1nn(C)c(COc2cccc(CCN)c2)c1Br. The van der Waals surface area contributed by atoms with E-state index in [1.807, 2.05) is 29.9 Å². The second-order valence-corrected chi connectivity index (χ2v) is 5.45. The molecular formula is C15H20BrN3O. The first-order valence-electron chi connectivity index (χ1n) is 6.77. The number of aryl methyl sites for hydroxylation is 2. The highest BCUT2D eigenvalue weighted by atomic mass is 79.9. The minimum absolute atomic E-state index is 0.496. The molecule has 1 aromatic heterocycles. The standard InChI is InChI=1S/C15H20BrN3O/c1-3-13-15(16)14(19(2)18-13)10-20-12-6-4-5-11(9-12)7-8-17/h4-6,9H,3,7-8,10,17H2,1-2H3. The van der Waals surface area contributed by atoms with Gasteiger partial charge in [-0.1, -0.05) is 19.1 Å². The molecule has 1 aromatic carbocycles. The first kappa shape index (κ1) is 15.1. The first-order valence-corrected chi connectivity index (χ1v) is 7.57. The van der Waals surface area contributed by atoms with Crippen molar-refractivity contribution in [3.63, 3.8) is 0 Å². The van der Waals surface area contributed by atoms with Crippen molar-refractivity contribution in [2.45, 2.75) is 26.4 Å². The maximum absolute atomic E-state index is 5.87. The lowest BCUT2D eigenvalue weighted by molar-refractivity contribution is 0.294. The van der Waals surface area contributed by atoms with Gasteiger partial charge in [-0.05, 0) is 53.0 Å². The maximum Gasteiger partial charge on any atom is 0.131 e. The number of ether oxygens (including phenoxy) is 1. The van der Waals surface area contributed by atoms with Crippen molar-refractivity contribution in [1.82, 2.24) is 9.78 Å². The normalized spacial score (nSPS) is 10.8. The quantitative estimate of drug-likeness (QED) is 0.881. The van der Waals surface area contributed by atoms with Gasteiger partial charge in [0.05, 0.1) is 15.9 Å². The van der Waals surface area contributed by atoms with Crippen molar-refractivity contribution < 1.29 is 4.74 Å². The van der Waals surface area contributed by atoms with Gasteiger partial charge in [0, 0.05) is 7.05 Å². The largest absolute Gasteiger partial charge is 0.487 e. The lowest BCUT2D eigenvalue weighted by Crippen LogP contribution is -2.05. The van der Waals surface area contributed by atoms with Crippen LogP contribution in [-0.2, 0) is 26.5 Å². The lowest BCUT2D eigenvalue weighted by Gasteiger charge is -2.08. The molecule has 0 atom stereocenters. The van der Waals surface area contributed by atoms with Gasteiger partial charge in [-0.3, -0.25) is 4.68 Å². The molecule has 0 amide bonds. The molecule has 0 fully saturated rings. The number of benzene rings is 1. The van der Waals surface area contributed by atoms with E-state index in [-0.39, 0.29) is 0 Å². The summed E-state index contributed by atoms with van der Waals surface area (Å²) in [5.74, 6) is 0.863. The predicted molar refractivity (Wildman–Crippen MR) is 83.8 cm³/mol. The average molecular weight is 338 g/mol. The van der Waals surface area contributed by atoms with Crippen molar-refractivity contribution in [3.8, 4) is 5.75 Å². The molecule has 0 saturated heterocycles. The summed E-state index contributed by atoms with van der Waals surface area (Å²) in [6.07, 6.45) is 1.77. The maximum atomic E-state index is 5.87. The number of nitrogens with zero attached hydrogens (tertiary/aromatic N) is 2. The Morgan fingerprint density at radius 1 is 1.40 bits per heavy atom. The minimum atomic E-state index is 0.496. The molecule has 1 heterocycles. The molecule has 5 heteroatoms. The fourth-order valence-electron chi connectivity index (χ4n) is 2.09. The minimum Gasteiger partial charge on any atom is -0.487 e. The third-order valence-corrected chi connectivity index (χ3v) is 4.13. The van der Waals surface area contributed by atoms with E-state index in [1.165, 1.54) is 5.56 Å². The number of hydrogen-bond acceptors (Lipinski definition) is 3. The summed E-state index contributed by atoms with van der Waals surface area (Å²) in [5.41, 5.74) is 8.88. The van der Waals surface area contributed by atoms with Gasteiger partial charge in [0.25, 0.3) is 0 Å². The van der Waals surface area contributed by atoms with Gasteiger partial charge in [0.1, 0.15) is 12.4 Å². The molecule has 20 heavy (non-hydrogen) atoms. The van der Waals surface area contributed by atoms with Crippen LogP contribution in [-0.4, -0.2) is 16.3 Å². The van der Waals surface area contributed by atoms with Crippen LogP contribution in [0.25, 0.3) is 0 Å². The lowest BCUT2D eigenvalue weighted by atomic mass is 10.1. The van der Waals surface area contributed by atoms with Crippen LogP contribution in [0.1, 0.15) is 23.9 Å². The molecule has 4 nitrogen and oxygen atoms in total. The summed E-state index contributed by atoms with van der Waals surface area (Å²) in [6.45, 7) is 3.24. The smallest absolute Gasteiger partial charge is 0.131 e. The van der Waals surface area contributed by atoms with Gasteiger partial charge in [-0.25, -0.2) is 0 Å². The van der Waals surface area contributed by atoms with Crippen molar-refractivity contribution in [1.29, 1.82) is 0 Å². The highest BCUT2D eigenvalue weighted by Crippen LogP contribution is 2.23. The van der Waals surface area contributed by atoms with Crippen LogP contribution < -0.4 is 10.5 Å². The predicted octanol–water partition coefficient (Wildman–Crippen LogP) is 2.83. The first-order chi connectivity index (χ1) is 9.65. The summed E-state index contributed by atoms with van der Waals surface area (Å²) < 4.78 is 8.78. The zero-order valence-electron chi connectivity index (χ0n) is 11.9. The Kier molecular flexibility index (Phi) is 5.20. The molecule has 0 aliphatic rings. The molecular weight excluding hydrogens is 318 g/mol. The van der Waals surface area contributed by atoms with Crippen molar-refractivity contribution in [2.24, 2.45) is 12.8 Å². The molecule has 0 radical (unpaired) electrons. The Morgan fingerprint density at radius 2 is 2.20 bits per heavy atom. The van der Waals surface area contributed by atoms with Crippen LogP contribution in [0.15, 0.2) is 28.7 Å². The molecule has 2 rings (SSSR count). The van der Waals surface area contributed by atoms with Crippen LogP contribution in [0.4, 0.5) is 0 Å². The third-order valence-electron chi connectivity index (χ3n) is 3.21. The Morgan fingerprint density at radius 3 is 2.85 bits per heavy atom. The molecule has 0 unspecified atom stereocenters. The van der Waals surface area contributed by atoms with Crippen LogP contribution in [0, 0.1) is 0 Å². The van der Waals surface area contributed by atoms with Gasteiger partial charge in [-0.2, -0.15) is 5.10 Å². The molecule has 0 spiro atoms. The fourth-order valence-corrected chi connectivity index (χ4v) is 2.82. The Hall–Kier alpha value is -1.33. The molecule has 0 aliphatic carbocycles. The van der Waals surface area contributed by atoms with E-state index in [9.17, 15) is 0 Å². The third kappa shape index (κ3) is 3.41. The molecule has 2 aromatic rings. The summed E-state index contributed by atoms with van der Waals surface area (Å²) in [5, 5.41) is 4.46. The Labute approximate surface area is 128 Å². The van der Waals surface area contributed by atoms with E-state index in [2.05, 4.69) is 34.0 Å². The van der Waals surface area contributed by atoms with Gasteiger partial charge < -0.3 is 10.5 Å².